The summed E-state index contributed by atoms with van der Waals surface area (Å²) in [6, 6.07) is 3.55. The maximum Gasteiger partial charge on any atom is 0.242 e. The van der Waals surface area contributed by atoms with Gasteiger partial charge in [0, 0.05) is 6.20 Å². The molecule has 1 amide bonds. The lowest BCUT2D eigenvalue weighted by Gasteiger charge is -2.08. The van der Waals surface area contributed by atoms with Crippen molar-refractivity contribution in [2.45, 2.75) is 18.4 Å². The summed E-state index contributed by atoms with van der Waals surface area (Å²) in [6.45, 7) is 0. The molecule has 14 heavy (non-hydrogen) atoms. The lowest BCUT2D eigenvalue weighted by atomic mass is 10.1. The number of hydrogen-bond donors (Lipinski definition) is 2. The Balaban J connectivity index is 2.09. The first kappa shape index (κ1) is 7.94. The van der Waals surface area contributed by atoms with E-state index in [1.165, 1.54) is 0 Å². The van der Waals surface area contributed by atoms with Gasteiger partial charge in [-0.3, -0.25) is 4.79 Å². The number of fused-ring (bicyclic) bond motifs is 3. The van der Waals surface area contributed by atoms with Crippen LogP contribution in [0, 0.1) is 5.92 Å². The molecule has 0 spiro atoms. The molecule has 3 atom stereocenters. The van der Waals surface area contributed by atoms with Crippen molar-refractivity contribution in [1.82, 2.24) is 4.98 Å². The van der Waals surface area contributed by atoms with Crippen LogP contribution in [0.2, 0.25) is 0 Å². The van der Waals surface area contributed by atoms with E-state index in [4.69, 9.17) is 5.73 Å². The van der Waals surface area contributed by atoms with Crippen molar-refractivity contribution in [3.05, 3.63) is 23.9 Å². The summed E-state index contributed by atoms with van der Waals surface area (Å²) in [5.41, 5.74) is 6.94. The molecular formula is C10H11N3O. The van der Waals surface area contributed by atoms with Crippen molar-refractivity contribution >= 4 is 11.7 Å². The van der Waals surface area contributed by atoms with Crippen LogP contribution in [0.4, 0.5) is 5.82 Å². The molecule has 2 heterocycles. The predicted octanol–water partition coefficient (Wildman–Crippen LogP) is 0.464. The summed E-state index contributed by atoms with van der Waals surface area (Å²) in [6.07, 6.45) is 2.71. The molecule has 1 aliphatic heterocycles. The van der Waals surface area contributed by atoms with Crippen LogP contribution in [0.25, 0.3) is 0 Å². The minimum absolute atomic E-state index is 0.102. The number of rotatable bonds is 0. The monoisotopic (exact) mass is 189 g/mol. The smallest absolute Gasteiger partial charge is 0.242 e. The van der Waals surface area contributed by atoms with Gasteiger partial charge < -0.3 is 11.1 Å². The molecule has 1 aromatic rings. The van der Waals surface area contributed by atoms with Gasteiger partial charge in [-0.15, -0.1) is 0 Å². The highest BCUT2D eigenvalue weighted by Crippen LogP contribution is 2.52. The fourth-order valence-electron chi connectivity index (χ4n) is 2.18. The second kappa shape index (κ2) is 2.54. The van der Waals surface area contributed by atoms with E-state index in [0.717, 1.165) is 12.0 Å². The largest absolute Gasteiger partial charge is 0.320 e. The molecule has 2 unspecified atom stereocenters. The first-order valence-electron chi connectivity index (χ1n) is 4.79. The normalized spacial score (nSPS) is 33.8. The first-order valence-corrected chi connectivity index (χ1v) is 4.79. The van der Waals surface area contributed by atoms with E-state index in [0.29, 0.717) is 17.7 Å². The standard InChI is InChI=1S/C10H11N3O/c11-8-7-4-6(7)5-2-1-3-12-9(5)13-10(8)14/h1-3,6-8H,4,11H2,(H,12,13,14)/t6?,7?,8-/m0/s1. The highest BCUT2D eigenvalue weighted by Gasteiger charge is 2.48. The first-order chi connectivity index (χ1) is 6.77. The Kier molecular flexibility index (Phi) is 1.44. The number of pyridine rings is 1. The lowest BCUT2D eigenvalue weighted by molar-refractivity contribution is -0.117. The van der Waals surface area contributed by atoms with Crippen LogP contribution in [-0.4, -0.2) is 16.9 Å². The third kappa shape index (κ3) is 0.974. The number of nitrogens with one attached hydrogen (secondary N) is 1. The molecule has 4 heteroatoms. The Bertz CT molecular complexity index is 404. The zero-order valence-electron chi connectivity index (χ0n) is 7.60. The zero-order valence-corrected chi connectivity index (χ0v) is 7.60. The number of nitrogens with zero attached hydrogens (tertiary/aromatic N) is 1. The van der Waals surface area contributed by atoms with Crippen molar-refractivity contribution in [2.24, 2.45) is 11.7 Å². The fourth-order valence-corrected chi connectivity index (χ4v) is 2.18. The molecule has 72 valence electrons. The van der Waals surface area contributed by atoms with Gasteiger partial charge in [0.05, 0.1) is 6.04 Å². The minimum Gasteiger partial charge on any atom is -0.320 e. The SMILES string of the molecule is N[C@@H]1C(=O)Nc2ncccc2C2CC21. The van der Waals surface area contributed by atoms with Crippen molar-refractivity contribution in [3.8, 4) is 0 Å². The van der Waals surface area contributed by atoms with Gasteiger partial charge in [-0.25, -0.2) is 4.98 Å². The van der Waals surface area contributed by atoms with Gasteiger partial charge in [-0.1, -0.05) is 6.07 Å². The molecule has 0 saturated heterocycles. The molecule has 2 aliphatic rings. The lowest BCUT2D eigenvalue weighted by Crippen LogP contribution is -2.36. The van der Waals surface area contributed by atoms with Gasteiger partial charge in [0.1, 0.15) is 5.82 Å². The van der Waals surface area contributed by atoms with Crippen LogP contribution in [0.5, 0.6) is 0 Å². The Labute approximate surface area is 81.5 Å². The van der Waals surface area contributed by atoms with Crippen LogP contribution < -0.4 is 11.1 Å². The molecule has 1 aromatic heterocycles. The summed E-state index contributed by atoms with van der Waals surface area (Å²) < 4.78 is 0. The van der Waals surface area contributed by atoms with Gasteiger partial charge >= 0.3 is 0 Å². The number of carbonyl (C=O) groups is 1. The molecule has 3 N–H and O–H groups in total. The second-order valence-electron chi connectivity index (χ2n) is 3.96. The molecule has 0 radical (unpaired) electrons. The average molecular weight is 189 g/mol. The van der Waals surface area contributed by atoms with Crippen LogP contribution in [-0.2, 0) is 4.79 Å². The van der Waals surface area contributed by atoms with Crippen LogP contribution in [0.15, 0.2) is 18.3 Å². The molecule has 4 nitrogen and oxygen atoms in total. The van der Waals surface area contributed by atoms with E-state index in [9.17, 15) is 4.79 Å². The number of hydrogen-bond acceptors (Lipinski definition) is 3. The average Bonchev–Trinajstić information content (AvgIpc) is 2.96. The van der Waals surface area contributed by atoms with Gasteiger partial charge in [0.2, 0.25) is 5.91 Å². The Hall–Kier alpha value is -1.42. The number of aromatic nitrogens is 1. The van der Waals surface area contributed by atoms with Gasteiger partial charge in [-0.2, -0.15) is 0 Å². The second-order valence-corrected chi connectivity index (χ2v) is 3.96. The Morgan fingerprint density at radius 1 is 1.57 bits per heavy atom. The van der Waals surface area contributed by atoms with Gasteiger partial charge in [-0.05, 0) is 29.9 Å². The van der Waals surface area contributed by atoms with Crippen LogP contribution in [0.1, 0.15) is 17.9 Å². The molecular weight excluding hydrogens is 178 g/mol. The number of nitrogens with two attached hydrogens (primary N) is 1. The highest BCUT2D eigenvalue weighted by atomic mass is 16.2. The van der Waals surface area contributed by atoms with Gasteiger partial charge in [0.15, 0.2) is 0 Å². The zero-order chi connectivity index (χ0) is 9.71. The van der Waals surface area contributed by atoms with E-state index in [-0.39, 0.29) is 11.9 Å². The summed E-state index contributed by atoms with van der Waals surface area (Å²) in [5.74, 6) is 1.35. The van der Waals surface area contributed by atoms with E-state index in [2.05, 4.69) is 10.3 Å². The summed E-state index contributed by atoms with van der Waals surface area (Å²) in [5, 5.41) is 2.76. The van der Waals surface area contributed by atoms with Crippen molar-refractivity contribution in [3.63, 3.8) is 0 Å². The number of anilines is 1. The van der Waals surface area contributed by atoms with Crippen molar-refractivity contribution in [1.29, 1.82) is 0 Å². The van der Waals surface area contributed by atoms with Crippen molar-refractivity contribution < 1.29 is 4.79 Å². The minimum atomic E-state index is -0.366. The maximum absolute atomic E-state index is 11.5. The maximum atomic E-state index is 11.5. The van der Waals surface area contributed by atoms with E-state index in [1.54, 1.807) is 6.20 Å². The molecule has 0 aromatic carbocycles. The molecule has 1 aliphatic carbocycles. The van der Waals surface area contributed by atoms with Crippen LogP contribution >= 0.6 is 0 Å². The summed E-state index contributed by atoms with van der Waals surface area (Å²) >= 11 is 0. The summed E-state index contributed by atoms with van der Waals surface area (Å²) in [4.78, 5) is 15.7. The molecule has 1 fully saturated rings. The Morgan fingerprint density at radius 3 is 3.29 bits per heavy atom. The Morgan fingerprint density at radius 2 is 2.43 bits per heavy atom. The topological polar surface area (TPSA) is 68.0 Å². The third-order valence-corrected chi connectivity index (χ3v) is 3.08. The van der Waals surface area contributed by atoms with E-state index >= 15 is 0 Å². The molecule has 3 rings (SSSR count). The third-order valence-electron chi connectivity index (χ3n) is 3.08. The number of amides is 1. The quantitative estimate of drug-likeness (QED) is 0.623. The van der Waals surface area contributed by atoms with E-state index in [1.807, 2.05) is 12.1 Å². The van der Waals surface area contributed by atoms with E-state index < -0.39 is 0 Å². The van der Waals surface area contributed by atoms with Gasteiger partial charge in [0.25, 0.3) is 0 Å². The molecule has 1 saturated carbocycles. The fraction of sp³-hybridized carbons (Fsp3) is 0.400. The molecule has 0 bridgehead atoms. The number of carbonyl (C=O) groups excluding carboxylic acids is 1. The van der Waals surface area contributed by atoms with Crippen molar-refractivity contribution in [2.75, 3.05) is 5.32 Å². The predicted molar refractivity (Wildman–Crippen MR) is 51.7 cm³/mol. The highest BCUT2D eigenvalue weighted by molar-refractivity contribution is 5.96. The van der Waals surface area contributed by atoms with Crippen LogP contribution in [0.3, 0.4) is 0 Å². The summed E-state index contributed by atoms with van der Waals surface area (Å²) in [7, 11) is 0.